The summed E-state index contributed by atoms with van der Waals surface area (Å²) in [5.74, 6) is 0.827. The van der Waals surface area contributed by atoms with Crippen molar-refractivity contribution in [2.75, 3.05) is 12.4 Å². The van der Waals surface area contributed by atoms with Crippen molar-refractivity contribution >= 4 is 51.3 Å². The Morgan fingerprint density at radius 1 is 1.03 bits per heavy atom. The fourth-order valence-corrected chi connectivity index (χ4v) is 4.36. The van der Waals surface area contributed by atoms with Crippen LogP contribution in [0.15, 0.2) is 71.4 Å². The van der Waals surface area contributed by atoms with Gasteiger partial charge in [0.15, 0.2) is 0 Å². The zero-order chi connectivity index (χ0) is 24.4. The third-order valence-corrected chi connectivity index (χ3v) is 6.28. The molecule has 174 valence electrons. The van der Waals surface area contributed by atoms with Crippen LogP contribution < -0.4 is 10.1 Å². The monoisotopic (exact) mass is 493 g/mol. The summed E-state index contributed by atoms with van der Waals surface area (Å²) in [6.07, 6.45) is 3.23. The first-order valence-corrected chi connectivity index (χ1v) is 11.7. The van der Waals surface area contributed by atoms with Crippen LogP contribution >= 0.6 is 23.2 Å². The maximum Gasteiger partial charge on any atom is 0.248 e. The Kier molecular flexibility index (Phi) is 7.01. The van der Waals surface area contributed by atoms with E-state index in [-0.39, 0.29) is 5.91 Å². The van der Waals surface area contributed by atoms with Crippen molar-refractivity contribution in [3.8, 4) is 16.9 Å². The van der Waals surface area contributed by atoms with E-state index in [0.717, 1.165) is 33.3 Å². The maximum atomic E-state index is 12.7. The number of carbonyl (C=O) groups is 1. The molecule has 4 rings (SSSR count). The SMILES string of the molecule is COc1cc2occ(-c3ccc(Cl)cc3Cl)c2cc1/C(C)=C/C(=O)Nc1ccc(C(C)C)cc1. The first-order valence-electron chi connectivity index (χ1n) is 10.9. The summed E-state index contributed by atoms with van der Waals surface area (Å²) >= 11 is 12.5. The Morgan fingerprint density at radius 2 is 1.76 bits per heavy atom. The minimum atomic E-state index is -0.217. The maximum absolute atomic E-state index is 12.7. The molecule has 0 radical (unpaired) electrons. The second-order valence-corrected chi connectivity index (χ2v) is 9.26. The van der Waals surface area contributed by atoms with E-state index >= 15 is 0 Å². The van der Waals surface area contributed by atoms with Crippen LogP contribution in [0.3, 0.4) is 0 Å². The van der Waals surface area contributed by atoms with Gasteiger partial charge in [-0.3, -0.25) is 4.79 Å². The molecule has 0 saturated carbocycles. The van der Waals surface area contributed by atoms with Crippen molar-refractivity contribution in [1.29, 1.82) is 0 Å². The molecule has 0 aliphatic rings. The van der Waals surface area contributed by atoms with E-state index in [1.54, 1.807) is 31.6 Å². The van der Waals surface area contributed by atoms with Gasteiger partial charge in [0.25, 0.3) is 0 Å². The average Bonchev–Trinajstić information content (AvgIpc) is 3.21. The number of furan rings is 1. The predicted octanol–water partition coefficient (Wildman–Crippen LogP) is 8.58. The number of allylic oxidation sites excluding steroid dienone is 1. The Balaban J connectivity index is 1.67. The van der Waals surface area contributed by atoms with E-state index in [9.17, 15) is 4.79 Å². The van der Waals surface area contributed by atoms with Crippen LogP contribution in [0.1, 0.15) is 37.8 Å². The largest absolute Gasteiger partial charge is 0.496 e. The number of halogens is 2. The van der Waals surface area contributed by atoms with Crippen molar-refractivity contribution in [1.82, 2.24) is 0 Å². The molecular weight excluding hydrogens is 469 g/mol. The molecule has 34 heavy (non-hydrogen) atoms. The van der Waals surface area contributed by atoms with Gasteiger partial charge in [0.2, 0.25) is 5.91 Å². The van der Waals surface area contributed by atoms with Gasteiger partial charge in [-0.05, 0) is 54.3 Å². The van der Waals surface area contributed by atoms with Crippen LogP contribution in [0, 0.1) is 0 Å². The van der Waals surface area contributed by atoms with Crippen molar-refractivity contribution in [3.63, 3.8) is 0 Å². The molecule has 4 nitrogen and oxygen atoms in total. The number of fused-ring (bicyclic) bond motifs is 1. The molecule has 0 spiro atoms. The lowest BCUT2D eigenvalue weighted by molar-refractivity contribution is -0.111. The van der Waals surface area contributed by atoms with Crippen molar-refractivity contribution in [2.24, 2.45) is 0 Å². The number of benzene rings is 3. The number of methoxy groups -OCH3 is 1. The number of hydrogen-bond acceptors (Lipinski definition) is 3. The highest BCUT2D eigenvalue weighted by molar-refractivity contribution is 6.36. The molecule has 0 unspecified atom stereocenters. The number of anilines is 1. The smallest absolute Gasteiger partial charge is 0.248 e. The van der Waals surface area contributed by atoms with E-state index in [1.165, 1.54) is 5.56 Å². The standard InChI is InChI=1S/C28H25Cl2NO3/c1-16(2)18-5-8-20(9-6-18)31-28(32)11-17(3)22-13-23-24(15-34-27(23)14-26(22)33-4)21-10-7-19(29)12-25(21)30/h5-16H,1-4H3,(H,31,32)/b17-11+. The number of carbonyl (C=O) groups excluding carboxylic acids is 1. The summed E-state index contributed by atoms with van der Waals surface area (Å²) in [6.45, 7) is 6.15. The molecule has 0 atom stereocenters. The van der Waals surface area contributed by atoms with Crippen LogP contribution in [0.5, 0.6) is 5.75 Å². The van der Waals surface area contributed by atoms with Crippen LogP contribution in [-0.4, -0.2) is 13.0 Å². The molecule has 0 aliphatic heterocycles. The molecule has 4 aromatic rings. The van der Waals surface area contributed by atoms with Crippen molar-refractivity contribution in [2.45, 2.75) is 26.7 Å². The third kappa shape index (κ3) is 4.98. The van der Waals surface area contributed by atoms with Crippen LogP contribution in [0.4, 0.5) is 5.69 Å². The van der Waals surface area contributed by atoms with Crippen molar-refractivity contribution < 1.29 is 13.9 Å². The highest BCUT2D eigenvalue weighted by atomic mass is 35.5. The lowest BCUT2D eigenvalue weighted by Gasteiger charge is -2.11. The van der Waals surface area contributed by atoms with Gasteiger partial charge >= 0.3 is 0 Å². The second kappa shape index (κ2) is 9.96. The van der Waals surface area contributed by atoms with E-state index < -0.39 is 0 Å². The normalized spacial score (nSPS) is 11.8. The molecule has 1 amide bonds. The van der Waals surface area contributed by atoms with E-state index in [4.69, 9.17) is 32.4 Å². The first-order chi connectivity index (χ1) is 16.3. The molecule has 1 heterocycles. The molecule has 0 bridgehead atoms. The minimum Gasteiger partial charge on any atom is -0.496 e. The number of hydrogen-bond donors (Lipinski definition) is 1. The molecule has 0 aliphatic carbocycles. The molecule has 3 aromatic carbocycles. The number of amides is 1. The van der Waals surface area contributed by atoms with E-state index in [2.05, 4.69) is 19.2 Å². The van der Waals surface area contributed by atoms with E-state index in [0.29, 0.717) is 27.3 Å². The fraction of sp³-hybridized carbons (Fsp3) is 0.179. The first kappa shape index (κ1) is 23.9. The summed E-state index contributed by atoms with van der Waals surface area (Å²) in [5, 5.41) is 4.88. The summed E-state index contributed by atoms with van der Waals surface area (Å²) in [5.41, 5.74) is 5.81. The number of nitrogens with one attached hydrogen (secondary N) is 1. The van der Waals surface area contributed by atoms with Crippen LogP contribution in [-0.2, 0) is 4.79 Å². The summed E-state index contributed by atoms with van der Waals surface area (Å²) < 4.78 is 11.4. The van der Waals surface area contributed by atoms with Gasteiger partial charge in [-0.15, -0.1) is 0 Å². The number of rotatable bonds is 6. The van der Waals surface area contributed by atoms with Crippen molar-refractivity contribution in [3.05, 3.63) is 88.1 Å². The molecule has 0 saturated heterocycles. The van der Waals surface area contributed by atoms with Gasteiger partial charge in [-0.25, -0.2) is 0 Å². The van der Waals surface area contributed by atoms with E-state index in [1.807, 2.05) is 49.4 Å². The summed E-state index contributed by atoms with van der Waals surface area (Å²) in [7, 11) is 1.59. The lowest BCUT2D eigenvalue weighted by atomic mass is 9.99. The molecule has 1 N–H and O–H groups in total. The Hall–Kier alpha value is -3.21. The van der Waals surface area contributed by atoms with Gasteiger partial charge in [-0.2, -0.15) is 0 Å². The number of ether oxygens (including phenoxy) is 1. The predicted molar refractivity (Wildman–Crippen MR) is 141 cm³/mol. The zero-order valence-corrected chi connectivity index (χ0v) is 20.9. The quantitative estimate of drug-likeness (QED) is 0.273. The second-order valence-electron chi connectivity index (χ2n) is 8.42. The summed E-state index contributed by atoms with van der Waals surface area (Å²) in [6, 6.07) is 17.0. The Morgan fingerprint density at radius 3 is 2.41 bits per heavy atom. The fourth-order valence-electron chi connectivity index (χ4n) is 3.85. The average molecular weight is 494 g/mol. The van der Waals surface area contributed by atoms with Gasteiger partial charge in [0.05, 0.1) is 18.4 Å². The lowest BCUT2D eigenvalue weighted by Crippen LogP contribution is -2.08. The summed E-state index contributed by atoms with van der Waals surface area (Å²) in [4.78, 5) is 12.7. The third-order valence-electron chi connectivity index (χ3n) is 5.73. The van der Waals surface area contributed by atoms with Gasteiger partial charge in [-0.1, -0.05) is 55.2 Å². The molecular formula is C28H25Cl2NO3. The topological polar surface area (TPSA) is 51.5 Å². The Bertz CT molecular complexity index is 1390. The van der Waals surface area contributed by atoms with Gasteiger partial charge < -0.3 is 14.5 Å². The highest BCUT2D eigenvalue weighted by Gasteiger charge is 2.16. The van der Waals surface area contributed by atoms with Crippen LogP contribution in [0.25, 0.3) is 27.7 Å². The highest BCUT2D eigenvalue weighted by Crippen LogP contribution is 2.40. The minimum absolute atomic E-state index is 0.217. The van der Waals surface area contributed by atoms with Gasteiger partial charge in [0, 0.05) is 44.9 Å². The van der Waals surface area contributed by atoms with Crippen LogP contribution in [0.2, 0.25) is 10.0 Å². The molecule has 0 fully saturated rings. The Labute approximate surface area is 209 Å². The van der Waals surface area contributed by atoms with Gasteiger partial charge in [0.1, 0.15) is 11.3 Å². The zero-order valence-electron chi connectivity index (χ0n) is 19.4. The molecule has 6 heteroatoms. The molecule has 1 aromatic heterocycles.